The minimum absolute atomic E-state index is 0.439. The van der Waals surface area contributed by atoms with Crippen LogP contribution < -0.4 is 0 Å². The van der Waals surface area contributed by atoms with Crippen molar-refractivity contribution >= 4 is 12.4 Å². The number of aryl methyl sites for hydroxylation is 1. The number of amides is 1. The number of carbonyl (C=O) groups is 2. The molecule has 0 aliphatic heterocycles. The number of benzene rings is 1. The highest BCUT2D eigenvalue weighted by atomic mass is 16.4. The topological polar surface area (TPSA) is 57.6 Å². The predicted molar refractivity (Wildman–Crippen MR) is 64.6 cm³/mol. The molecule has 0 saturated carbocycles. The van der Waals surface area contributed by atoms with Gasteiger partial charge < -0.3 is 10.0 Å². The van der Waals surface area contributed by atoms with Crippen molar-refractivity contribution in [2.75, 3.05) is 6.54 Å². The van der Waals surface area contributed by atoms with Crippen LogP contribution in [-0.2, 0) is 9.59 Å². The van der Waals surface area contributed by atoms with Crippen LogP contribution >= 0.6 is 0 Å². The van der Waals surface area contributed by atoms with Crippen LogP contribution in [0, 0.1) is 6.92 Å². The standard InChI is InChI=1S/C13H17NO3/c1-3-7-14(9-15)12(13(16)17)11-6-4-5-10(2)8-11/h4-6,8-9,12H,3,7H2,1-2H3,(H,16,17). The van der Waals surface area contributed by atoms with Crippen molar-refractivity contribution in [2.24, 2.45) is 0 Å². The Hall–Kier alpha value is -1.84. The molecule has 0 saturated heterocycles. The first-order valence-corrected chi connectivity index (χ1v) is 5.60. The number of rotatable bonds is 6. The largest absolute Gasteiger partial charge is 0.479 e. The second-order valence-corrected chi connectivity index (χ2v) is 4.00. The Kier molecular flexibility index (Phi) is 4.69. The van der Waals surface area contributed by atoms with Gasteiger partial charge in [-0.3, -0.25) is 4.79 Å². The van der Waals surface area contributed by atoms with Crippen molar-refractivity contribution in [3.05, 3.63) is 35.4 Å². The van der Waals surface area contributed by atoms with Crippen LogP contribution in [0.3, 0.4) is 0 Å². The van der Waals surface area contributed by atoms with E-state index in [9.17, 15) is 14.7 Å². The van der Waals surface area contributed by atoms with Gasteiger partial charge in [0.15, 0.2) is 6.04 Å². The van der Waals surface area contributed by atoms with Gasteiger partial charge in [0.1, 0.15) is 0 Å². The highest BCUT2D eigenvalue weighted by Gasteiger charge is 2.25. The summed E-state index contributed by atoms with van der Waals surface area (Å²) in [4.78, 5) is 23.6. The zero-order chi connectivity index (χ0) is 12.8. The molecule has 1 rings (SSSR count). The Labute approximate surface area is 101 Å². The van der Waals surface area contributed by atoms with Crippen LogP contribution in [0.25, 0.3) is 0 Å². The Morgan fingerprint density at radius 1 is 1.53 bits per heavy atom. The Bertz CT molecular complexity index is 403. The second kappa shape index (κ2) is 6.03. The normalized spacial score (nSPS) is 11.9. The van der Waals surface area contributed by atoms with E-state index < -0.39 is 12.0 Å². The number of nitrogens with zero attached hydrogens (tertiary/aromatic N) is 1. The number of carboxylic acid groups (broad SMARTS) is 1. The van der Waals surface area contributed by atoms with E-state index in [4.69, 9.17) is 0 Å². The van der Waals surface area contributed by atoms with Crippen LogP contribution in [-0.4, -0.2) is 28.9 Å². The lowest BCUT2D eigenvalue weighted by molar-refractivity contribution is -0.146. The Morgan fingerprint density at radius 3 is 2.71 bits per heavy atom. The van der Waals surface area contributed by atoms with Crippen LogP contribution in [0.1, 0.15) is 30.5 Å². The summed E-state index contributed by atoms with van der Waals surface area (Å²) in [5, 5.41) is 9.25. The fraction of sp³-hybridized carbons (Fsp3) is 0.385. The highest BCUT2D eigenvalue weighted by Crippen LogP contribution is 2.21. The molecule has 1 atom stereocenters. The molecule has 17 heavy (non-hydrogen) atoms. The van der Waals surface area contributed by atoms with Gasteiger partial charge in [0.25, 0.3) is 0 Å². The van der Waals surface area contributed by atoms with E-state index in [1.54, 1.807) is 18.2 Å². The van der Waals surface area contributed by atoms with Gasteiger partial charge in [-0.25, -0.2) is 4.79 Å². The molecule has 92 valence electrons. The van der Waals surface area contributed by atoms with Crippen molar-refractivity contribution in [2.45, 2.75) is 26.3 Å². The van der Waals surface area contributed by atoms with Gasteiger partial charge in [-0.1, -0.05) is 36.8 Å². The molecular formula is C13H17NO3. The van der Waals surface area contributed by atoms with E-state index in [0.29, 0.717) is 18.5 Å². The molecule has 0 heterocycles. The van der Waals surface area contributed by atoms with Crippen molar-refractivity contribution < 1.29 is 14.7 Å². The highest BCUT2D eigenvalue weighted by molar-refractivity contribution is 5.78. The lowest BCUT2D eigenvalue weighted by atomic mass is 10.0. The number of carbonyl (C=O) groups excluding carboxylic acids is 1. The first-order valence-electron chi connectivity index (χ1n) is 5.60. The SMILES string of the molecule is CCCN(C=O)C(C(=O)O)c1cccc(C)c1. The summed E-state index contributed by atoms with van der Waals surface area (Å²) in [6.07, 6.45) is 1.33. The van der Waals surface area contributed by atoms with Crippen molar-refractivity contribution in [1.82, 2.24) is 4.90 Å². The summed E-state index contributed by atoms with van der Waals surface area (Å²) in [5.74, 6) is -1.00. The minimum Gasteiger partial charge on any atom is -0.479 e. The molecule has 0 spiro atoms. The molecule has 0 aliphatic carbocycles. The smallest absolute Gasteiger partial charge is 0.331 e. The third-order valence-electron chi connectivity index (χ3n) is 2.54. The van der Waals surface area contributed by atoms with E-state index in [2.05, 4.69) is 0 Å². The van der Waals surface area contributed by atoms with E-state index >= 15 is 0 Å². The fourth-order valence-electron chi connectivity index (χ4n) is 1.82. The third-order valence-corrected chi connectivity index (χ3v) is 2.54. The summed E-state index contributed by atoms with van der Waals surface area (Å²) in [6.45, 7) is 4.24. The lowest BCUT2D eigenvalue weighted by Gasteiger charge is -2.25. The summed E-state index contributed by atoms with van der Waals surface area (Å²) < 4.78 is 0. The molecule has 0 bridgehead atoms. The number of hydrogen-bond donors (Lipinski definition) is 1. The molecule has 4 nitrogen and oxygen atoms in total. The molecule has 1 aromatic carbocycles. The first kappa shape index (κ1) is 13.2. The molecule has 1 amide bonds. The number of hydrogen-bond acceptors (Lipinski definition) is 2. The zero-order valence-electron chi connectivity index (χ0n) is 10.1. The monoisotopic (exact) mass is 235 g/mol. The number of carboxylic acids is 1. The van der Waals surface area contributed by atoms with Crippen molar-refractivity contribution in [1.29, 1.82) is 0 Å². The van der Waals surface area contributed by atoms with Gasteiger partial charge in [-0.15, -0.1) is 0 Å². The maximum absolute atomic E-state index is 11.3. The molecule has 4 heteroatoms. The average Bonchev–Trinajstić information content (AvgIpc) is 2.28. The molecule has 1 unspecified atom stereocenters. The van der Waals surface area contributed by atoms with Crippen LogP contribution in [0.5, 0.6) is 0 Å². The third kappa shape index (κ3) is 3.31. The van der Waals surface area contributed by atoms with Crippen LogP contribution in [0.2, 0.25) is 0 Å². The first-order chi connectivity index (χ1) is 8.10. The maximum Gasteiger partial charge on any atom is 0.331 e. The quantitative estimate of drug-likeness (QED) is 0.767. The van der Waals surface area contributed by atoms with E-state index in [0.717, 1.165) is 12.0 Å². The average molecular weight is 235 g/mol. The summed E-state index contributed by atoms with van der Waals surface area (Å²) >= 11 is 0. The van der Waals surface area contributed by atoms with E-state index in [1.165, 1.54) is 4.90 Å². The molecule has 1 N–H and O–H groups in total. The van der Waals surface area contributed by atoms with E-state index in [-0.39, 0.29) is 0 Å². The van der Waals surface area contributed by atoms with Gasteiger partial charge in [0.2, 0.25) is 6.41 Å². The van der Waals surface area contributed by atoms with Crippen molar-refractivity contribution in [3.8, 4) is 0 Å². The summed E-state index contributed by atoms with van der Waals surface area (Å²) in [7, 11) is 0. The van der Waals surface area contributed by atoms with Gasteiger partial charge in [0.05, 0.1) is 0 Å². The van der Waals surface area contributed by atoms with Gasteiger partial charge in [-0.05, 0) is 18.9 Å². The molecule has 1 aromatic rings. The molecule has 0 radical (unpaired) electrons. The van der Waals surface area contributed by atoms with Gasteiger partial charge >= 0.3 is 5.97 Å². The van der Waals surface area contributed by atoms with Gasteiger partial charge in [0, 0.05) is 6.54 Å². The molecule has 0 aromatic heterocycles. The summed E-state index contributed by atoms with van der Waals surface area (Å²) in [6, 6.07) is 6.33. The Morgan fingerprint density at radius 2 is 2.24 bits per heavy atom. The van der Waals surface area contributed by atoms with Crippen LogP contribution in [0.15, 0.2) is 24.3 Å². The van der Waals surface area contributed by atoms with Crippen LogP contribution in [0.4, 0.5) is 0 Å². The minimum atomic E-state index is -1.00. The predicted octanol–water partition coefficient (Wildman–Crippen LogP) is 1.99. The Balaban J connectivity index is 3.07. The second-order valence-electron chi connectivity index (χ2n) is 4.00. The molecule has 0 fully saturated rings. The fourth-order valence-corrected chi connectivity index (χ4v) is 1.82. The molecular weight excluding hydrogens is 218 g/mol. The number of aliphatic carboxylic acids is 1. The zero-order valence-corrected chi connectivity index (χ0v) is 10.1. The molecule has 0 aliphatic rings. The van der Waals surface area contributed by atoms with E-state index in [1.807, 2.05) is 19.9 Å². The summed E-state index contributed by atoms with van der Waals surface area (Å²) in [5.41, 5.74) is 1.62. The van der Waals surface area contributed by atoms with Gasteiger partial charge in [-0.2, -0.15) is 0 Å². The van der Waals surface area contributed by atoms with Crippen molar-refractivity contribution in [3.63, 3.8) is 0 Å². The lowest BCUT2D eigenvalue weighted by Crippen LogP contribution is -2.33. The maximum atomic E-state index is 11.3.